The van der Waals surface area contributed by atoms with Gasteiger partial charge in [-0.05, 0) is 30.3 Å². The molecular formula is C22H26BrN3O3S. The first-order valence-corrected chi connectivity index (χ1v) is 11.4. The van der Waals surface area contributed by atoms with E-state index >= 15 is 0 Å². The lowest BCUT2D eigenvalue weighted by Gasteiger charge is -2.34. The molecule has 160 valence electrons. The molecule has 1 aliphatic heterocycles. The average molecular weight is 492 g/mol. The molecule has 1 aliphatic rings. The number of carbonyl (C=O) groups excluding carboxylic acids is 1. The number of thioether (sulfide) groups is 1. The minimum absolute atomic E-state index is 0.000518. The monoisotopic (exact) mass is 491 g/mol. The van der Waals surface area contributed by atoms with Crippen molar-refractivity contribution in [3.63, 3.8) is 0 Å². The Morgan fingerprint density at radius 1 is 1.30 bits per heavy atom. The molecule has 0 spiro atoms. The van der Waals surface area contributed by atoms with Crippen molar-refractivity contribution in [1.82, 2.24) is 9.80 Å². The SMILES string of the molecule is CCN(Cc1cc(Br)ccc1OCc1ccccc1)C1SC(C(N)=O)=CN1CCO. The number of carbonyl (C=O) groups is 1. The Hall–Kier alpha value is -2.00. The van der Waals surface area contributed by atoms with Crippen LogP contribution in [0.5, 0.6) is 5.75 Å². The number of ether oxygens (including phenoxy) is 1. The highest BCUT2D eigenvalue weighted by molar-refractivity contribution is 9.10. The number of rotatable bonds is 10. The second-order valence-corrected chi connectivity index (χ2v) is 8.87. The van der Waals surface area contributed by atoms with Gasteiger partial charge in [-0.2, -0.15) is 0 Å². The summed E-state index contributed by atoms with van der Waals surface area (Å²) in [5.41, 5.74) is 7.52. The van der Waals surface area contributed by atoms with Crippen LogP contribution in [-0.4, -0.2) is 46.0 Å². The number of hydrogen-bond donors (Lipinski definition) is 2. The molecule has 0 bridgehead atoms. The maximum atomic E-state index is 11.7. The van der Waals surface area contributed by atoms with Crippen molar-refractivity contribution in [3.05, 3.63) is 75.2 Å². The summed E-state index contributed by atoms with van der Waals surface area (Å²) in [7, 11) is 0. The van der Waals surface area contributed by atoms with E-state index in [1.165, 1.54) is 11.8 Å². The Kier molecular flexibility index (Phi) is 8.21. The summed E-state index contributed by atoms with van der Waals surface area (Å²) in [6, 6.07) is 16.0. The molecule has 3 rings (SSSR count). The van der Waals surface area contributed by atoms with Gasteiger partial charge in [-0.25, -0.2) is 0 Å². The predicted octanol–water partition coefficient (Wildman–Crippen LogP) is 3.50. The van der Waals surface area contributed by atoms with Crippen molar-refractivity contribution in [2.75, 3.05) is 19.7 Å². The third kappa shape index (κ3) is 5.78. The van der Waals surface area contributed by atoms with Crippen molar-refractivity contribution in [1.29, 1.82) is 0 Å². The van der Waals surface area contributed by atoms with E-state index in [4.69, 9.17) is 10.5 Å². The van der Waals surface area contributed by atoms with E-state index in [-0.39, 0.29) is 12.1 Å². The van der Waals surface area contributed by atoms with Gasteiger partial charge in [-0.15, -0.1) is 0 Å². The first-order valence-electron chi connectivity index (χ1n) is 9.76. The predicted molar refractivity (Wildman–Crippen MR) is 123 cm³/mol. The highest BCUT2D eigenvalue weighted by Crippen LogP contribution is 2.36. The minimum Gasteiger partial charge on any atom is -0.489 e. The fraction of sp³-hybridized carbons (Fsp3) is 0.318. The maximum absolute atomic E-state index is 11.7. The van der Waals surface area contributed by atoms with Crippen LogP contribution in [0.15, 0.2) is 64.1 Å². The fourth-order valence-corrected chi connectivity index (χ4v) is 4.86. The van der Waals surface area contributed by atoms with Crippen molar-refractivity contribution in [2.24, 2.45) is 5.73 Å². The molecular weight excluding hydrogens is 466 g/mol. The number of primary amides is 1. The Morgan fingerprint density at radius 3 is 2.73 bits per heavy atom. The topological polar surface area (TPSA) is 79.0 Å². The second kappa shape index (κ2) is 10.9. The van der Waals surface area contributed by atoms with Gasteiger partial charge < -0.3 is 20.5 Å². The molecule has 0 saturated heterocycles. The third-order valence-corrected chi connectivity index (χ3v) is 6.59. The number of halogens is 1. The Bertz CT molecular complexity index is 894. The zero-order valence-electron chi connectivity index (χ0n) is 16.8. The van der Waals surface area contributed by atoms with Gasteiger partial charge in [0, 0.05) is 29.3 Å². The van der Waals surface area contributed by atoms with Crippen LogP contribution in [0, 0.1) is 0 Å². The minimum atomic E-state index is -0.448. The number of benzene rings is 2. The lowest BCUT2D eigenvalue weighted by molar-refractivity contribution is -0.113. The van der Waals surface area contributed by atoms with Gasteiger partial charge >= 0.3 is 0 Å². The highest BCUT2D eigenvalue weighted by atomic mass is 79.9. The summed E-state index contributed by atoms with van der Waals surface area (Å²) in [5.74, 6) is 0.371. The second-order valence-electron chi connectivity index (χ2n) is 6.85. The molecule has 1 amide bonds. The van der Waals surface area contributed by atoms with Crippen molar-refractivity contribution >= 4 is 33.6 Å². The standard InChI is InChI=1S/C22H26BrN3O3S/c1-2-25(22-26(10-11-27)14-20(30-22)21(24)28)13-17-12-18(23)8-9-19(17)29-15-16-6-4-3-5-7-16/h3-9,12,14,22,27H,2,10-11,13,15H2,1H3,(H2,24,28). The van der Waals surface area contributed by atoms with E-state index in [2.05, 4.69) is 33.8 Å². The van der Waals surface area contributed by atoms with Crippen molar-refractivity contribution < 1.29 is 14.6 Å². The van der Waals surface area contributed by atoms with Crippen LogP contribution in [0.4, 0.5) is 0 Å². The molecule has 1 unspecified atom stereocenters. The summed E-state index contributed by atoms with van der Waals surface area (Å²) in [5, 5.41) is 9.43. The molecule has 2 aromatic carbocycles. The third-order valence-electron chi connectivity index (χ3n) is 4.75. The lowest BCUT2D eigenvalue weighted by atomic mass is 10.2. The first-order chi connectivity index (χ1) is 14.5. The summed E-state index contributed by atoms with van der Waals surface area (Å²) < 4.78 is 7.10. The number of hydrogen-bond acceptors (Lipinski definition) is 6. The lowest BCUT2D eigenvalue weighted by Crippen LogP contribution is -2.42. The van der Waals surface area contributed by atoms with Crippen LogP contribution >= 0.6 is 27.7 Å². The molecule has 0 aliphatic carbocycles. The van der Waals surface area contributed by atoms with Crippen molar-refractivity contribution in [3.8, 4) is 5.75 Å². The zero-order chi connectivity index (χ0) is 21.5. The molecule has 2 aromatic rings. The van der Waals surface area contributed by atoms with E-state index in [0.717, 1.165) is 27.9 Å². The molecule has 0 fully saturated rings. The van der Waals surface area contributed by atoms with E-state index in [9.17, 15) is 9.90 Å². The smallest absolute Gasteiger partial charge is 0.256 e. The van der Waals surface area contributed by atoms with Gasteiger partial charge in [-0.3, -0.25) is 9.69 Å². The van der Waals surface area contributed by atoms with Gasteiger partial charge in [0.05, 0.1) is 11.5 Å². The fourth-order valence-electron chi connectivity index (χ4n) is 3.24. The van der Waals surface area contributed by atoms with E-state index in [0.29, 0.717) is 24.6 Å². The molecule has 1 heterocycles. The van der Waals surface area contributed by atoms with Gasteiger partial charge in [0.15, 0.2) is 0 Å². The quantitative estimate of drug-likeness (QED) is 0.529. The van der Waals surface area contributed by atoms with Crippen LogP contribution in [-0.2, 0) is 17.9 Å². The van der Waals surface area contributed by atoms with Gasteiger partial charge in [0.2, 0.25) is 0 Å². The summed E-state index contributed by atoms with van der Waals surface area (Å²) in [6.07, 6.45) is 1.74. The summed E-state index contributed by atoms with van der Waals surface area (Å²) >= 11 is 4.97. The van der Waals surface area contributed by atoms with Gasteiger partial charge in [0.25, 0.3) is 5.91 Å². The van der Waals surface area contributed by atoms with E-state index in [1.54, 1.807) is 6.20 Å². The Morgan fingerprint density at radius 2 is 2.07 bits per heavy atom. The highest BCUT2D eigenvalue weighted by Gasteiger charge is 2.32. The van der Waals surface area contributed by atoms with E-state index in [1.807, 2.05) is 47.4 Å². The van der Waals surface area contributed by atoms with E-state index < -0.39 is 5.91 Å². The van der Waals surface area contributed by atoms with Gasteiger partial charge in [-0.1, -0.05) is 64.9 Å². The summed E-state index contributed by atoms with van der Waals surface area (Å²) in [4.78, 5) is 16.4. The number of amides is 1. The van der Waals surface area contributed by atoms with Gasteiger partial charge in [0.1, 0.15) is 17.9 Å². The average Bonchev–Trinajstić information content (AvgIpc) is 3.16. The molecule has 8 heteroatoms. The molecule has 0 saturated carbocycles. The number of nitrogens with two attached hydrogens (primary N) is 1. The Balaban J connectivity index is 1.77. The molecule has 1 atom stereocenters. The molecule has 3 N–H and O–H groups in total. The molecule has 6 nitrogen and oxygen atoms in total. The molecule has 0 radical (unpaired) electrons. The maximum Gasteiger partial charge on any atom is 0.256 e. The number of β-amino-alcohol motifs (C(OH)–C–C–N with tert-alkyl or cyclic N) is 1. The van der Waals surface area contributed by atoms with Crippen LogP contribution in [0.2, 0.25) is 0 Å². The normalized spacial score (nSPS) is 16.1. The largest absolute Gasteiger partial charge is 0.489 e. The zero-order valence-corrected chi connectivity index (χ0v) is 19.2. The molecule has 30 heavy (non-hydrogen) atoms. The Labute approximate surface area is 189 Å². The van der Waals surface area contributed by atoms with Crippen LogP contribution in [0.1, 0.15) is 18.1 Å². The molecule has 0 aromatic heterocycles. The summed E-state index contributed by atoms with van der Waals surface area (Å²) in [6.45, 7) is 4.37. The van der Waals surface area contributed by atoms with Crippen LogP contribution in [0.25, 0.3) is 0 Å². The van der Waals surface area contributed by atoms with Crippen molar-refractivity contribution in [2.45, 2.75) is 25.6 Å². The first kappa shape index (κ1) is 22.7. The number of aliphatic hydroxyl groups excluding tert-OH is 1. The number of aliphatic hydroxyl groups is 1. The number of nitrogens with zero attached hydrogens (tertiary/aromatic N) is 2. The van der Waals surface area contributed by atoms with Crippen LogP contribution in [0.3, 0.4) is 0 Å². The van der Waals surface area contributed by atoms with Crippen LogP contribution < -0.4 is 10.5 Å².